The van der Waals surface area contributed by atoms with Crippen LogP contribution in [-0.2, 0) is 18.3 Å². The summed E-state index contributed by atoms with van der Waals surface area (Å²) in [6, 6.07) is 13.9. The summed E-state index contributed by atoms with van der Waals surface area (Å²) in [5.41, 5.74) is 2.90. The van der Waals surface area contributed by atoms with Gasteiger partial charge >= 0.3 is 0 Å². The van der Waals surface area contributed by atoms with Gasteiger partial charge in [0.1, 0.15) is 5.69 Å². The van der Waals surface area contributed by atoms with Gasteiger partial charge in [-0.05, 0) is 55.5 Å². The maximum atomic E-state index is 13.4. The maximum Gasteiger partial charge on any atom is 0.274 e. The number of rotatable bonds is 6. The van der Waals surface area contributed by atoms with Gasteiger partial charge in [0.05, 0.1) is 5.41 Å². The van der Waals surface area contributed by atoms with Gasteiger partial charge in [-0.3, -0.25) is 19.3 Å². The van der Waals surface area contributed by atoms with E-state index in [1.165, 1.54) is 0 Å². The van der Waals surface area contributed by atoms with Gasteiger partial charge in [-0.1, -0.05) is 30.3 Å². The first kappa shape index (κ1) is 21.7. The van der Waals surface area contributed by atoms with Gasteiger partial charge in [0.2, 0.25) is 5.91 Å². The smallest absolute Gasteiger partial charge is 0.274 e. The van der Waals surface area contributed by atoms with Gasteiger partial charge < -0.3 is 10.2 Å². The number of likely N-dealkylation sites (tertiary alicyclic amines) is 1. The second kappa shape index (κ2) is 8.94. The quantitative estimate of drug-likeness (QED) is 0.650. The van der Waals surface area contributed by atoms with E-state index in [9.17, 15) is 9.59 Å². The zero-order valence-electron chi connectivity index (χ0n) is 18.8. The second-order valence-corrected chi connectivity index (χ2v) is 8.88. The molecule has 1 atom stereocenters. The van der Waals surface area contributed by atoms with E-state index >= 15 is 0 Å². The molecule has 0 spiro atoms. The van der Waals surface area contributed by atoms with Crippen molar-refractivity contribution in [2.24, 2.45) is 12.5 Å². The molecule has 2 amide bonds. The van der Waals surface area contributed by atoms with Crippen LogP contribution in [0.25, 0.3) is 11.1 Å². The molecular formula is C25H29N5O2. The minimum atomic E-state index is -0.678. The molecule has 1 aliphatic heterocycles. The molecule has 0 saturated carbocycles. The lowest BCUT2D eigenvalue weighted by atomic mass is 9.79. The van der Waals surface area contributed by atoms with Gasteiger partial charge in [0, 0.05) is 44.8 Å². The fraction of sp³-hybridized carbons (Fsp3) is 0.360. The van der Waals surface area contributed by atoms with Crippen molar-refractivity contribution in [2.45, 2.75) is 32.7 Å². The molecule has 7 nitrogen and oxygen atoms in total. The van der Waals surface area contributed by atoms with Crippen molar-refractivity contribution < 1.29 is 9.59 Å². The molecule has 3 heterocycles. The molecule has 1 fully saturated rings. The number of nitrogens with zero attached hydrogens (tertiary/aromatic N) is 4. The highest BCUT2D eigenvalue weighted by atomic mass is 16.2. The Bertz CT molecular complexity index is 1110. The van der Waals surface area contributed by atoms with Crippen molar-refractivity contribution in [2.75, 3.05) is 13.1 Å². The molecule has 2 aromatic heterocycles. The van der Waals surface area contributed by atoms with E-state index in [0.717, 1.165) is 16.7 Å². The average molecular weight is 432 g/mol. The van der Waals surface area contributed by atoms with Gasteiger partial charge in [-0.2, -0.15) is 5.10 Å². The molecule has 4 rings (SSSR count). The van der Waals surface area contributed by atoms with Gasteiger partial charge in [0.15, 0.2) is 0 Å². The lowest BCUT2D eigenvalue weighted by Crippen LogP contribution is -2.47. The highest BCUT2D eigenvalue weighted by Gasteiger charge is 2.46. The predicted octanol–water partition coefficient (Wildman–Crippen LogP) is 3.08. The number of hydrogen-bond acceptors (Lipinski definition) is 4. The van der Waals surface area contributed by atoms with E-state index in [4.69, 9.17) is 0 Å². The summed E-state index contributed by atoms with van der Waals surface area (Å²) < 4.78 is 1.62. The van der Waals surface area contributed by atoms with E-state index in [1.54, 1.807) is 35.1 Å². The molecule has 0 unspecified atom stereocenters. The van der Waals surface area contributed by atoms with Crippen LogP contribution in [-0.4, -0.2) is 50.6 Å². The van der Waals surface area contributed by atoms with Crippen molar-refractivity contribution in [3.8, 4) is 11.1 Å². The average Bonchev–Trinajstić information content (AvgIpc) is 3.41. The molecule has 32 heavy (non-hydrogen) atoms. The lowest BCUT2D eigenvalue weighted by molar-refractivity contribution is -0.130. The van der Waals surface area contributed by atoms with Crippen LogP contribution in [0.2, 0.25) is 0 Å². The Morgan fingerprint density at radius 1 is 1.16 bits per heavy atom. The zero-order valence-corrected chi connectivity index (χ0v) is 18.8. The van der Waals surface area contributed by atoms with E-state index in [-0.39, 0.29) is 17.9 Å². The third-order valence-electron chi connectivity index (χ3n) is 5.94. The van der Waals surface area contributed by atoms with E-state index in [1.807, 2.05) is 50.4 Å². The molecule has 0 aliphatic carbocycles. The number of nitrogens with one attached hydrogen (secondary N) is 1. The monoisotopic (exact) mass is 431 g/mol. The molecule has 1 aliphatic rings. The Balaban J connectivity index is 1.61. The highest BCUT2D eigenvalue weighted by molar-refractivity contribution is 5.93. The van der Waals surface area contributed by atoms with Crippen LogP contribution < -0.4 is 5.32 Å². The van der Waals surface area contributed by atoms with Gasteiger partial charge in [-0.15, -0.1) is 0 Å². The van der Waals surface area contributed by atoms with Crippen molar-refractivity contribution in [3.63, 3.8) is 0 Å². The van der Waals surface area contributed by atoms with Crippen molar-refractivity contribution in [1.82, 2.24) is 25.0 Å². The van der Waals surface area contributed by atoms with Crippen LogP contribution >= 0.6 is 0 Å². The van der Waals surface area contributed by atoms with Crippen molar-refractivity contribution in [3.05, 3.63) is 72.3 Å². The fourth-order valence-corrected chi connectivity index (χ4v) is 4.35. The Labute approximate surface area is 188 Å². The molecule has 0 bridgehead atoms. The number of amides is 2. The predicted molar refractivity (Wildman–Crippen MR) is 123 cm³/mol. The Kier molecular flexibility index (Phi) is 6.08. The molecule has 3 aromatic rings. The molecule has 0 radical (unpaired) electrons. The molecular weight excluding hydrogens is 402 g/mol. The normalized spacial score (nSPS) is 18.2. The summed E-state index contributed by atoms with van der Waals surface area (Å²) in [4.78, 5) is 32.3. The number of aryl methyl sites for hydroxylation is 1. The first-order valence-corrected chi connectivity index (χ1v) is 11.0. The lowest BCUT2D eigenvalue weighted by Gasteiger charge is -2.29. The minimum Gasteiger partial charge on any atom is -0.353 e. The number of benzene rings is 1. The second-order valence-electron chi connectivity index (χ2n) is 8.88. The Morgan fingerprint density at radius 2 is 1.97 bits per heavy atom. The first-order valence-electron chi connectivity index (χ1n) is 11.0. The standard InChI is InChI=1S/C25H29N5O2/c1-18(2)27-24(32)25(10-13-30(17-25)23(31)22-9-12-29(3)28-22)15-19-6-4-7-20(14-19)21-8-5-11-26-16-21/h4-9,11-12,14,16,18H,10,13,15,17H2,1-3H3,(H,27,32)/t25-/m1/s1. The SMILES string of the molecule is CC(C)NC(=O)[C@@]1(Cc2cccc(-c3cccnc3)c2)CCN(C(=O)c2ccn(C)n2)C1. The van der Waals surface area contributed by atoms with Crippen LogP contribution in [0, 0.1) is 5.41 Å². The Morgan fingerprint density at radius 3 is 2.66 bits per heavy atom. The summed E-state index contributed by atoms with van der Waals surface area (Å²) in [6.45, 7) is 4.82. The van der Waals surface area contributed by atoms with Crippen LogP contribution in [0.4, 0.5) is 0 Å². The summed E-state index contributed by atoms with van der Waals surface area (Å²) in [5, 5.41) is 7.33. The third kappa shape index (κ3) is 4.56. The number of aromatic nitrogens is 3. The first-order chi connectivity index (χ1) is 15.4. The summed E-state index contributed by atoms with van der Waals surface area (Å²) in [5.74, 6) is -0.135. The maximum absolute atomic E-state index is 13.4. The van der Waals surface area contributed by atoms with E-state index in [0.29, 0.717) is 31.6 Å². The molecule has 1 N–H and O–H groups in total. The third-order valence-corrected chi connectivity index (χ3v) is 5.94. The molecule has 7 heteroatoms. The molecule has 1 saturated heterocycles. The van der Waals surface area contributed by atoms with Crippen LogP contribution in [0.1, 0.15) is 36.3 Å². The van der Waals surface area contributed by atoms with Crippen LogP contribution in [0.3, 0.4) is 0 Å². The number of pyridine rings is 1. The largest absolute Gasteiger partial charge is 0.353 e. The van der Waals surface area contributed by atoms with Gasteiger partial charge in [0.25, 0.3) is 5.91 Å². The van der Waals surface area contributed by atoms with Gasteiger partial charge in [-0.25, -0.2) is 0 Å². The molecule has 166 valence electrons. The van der Waals surface area contributed by atoms with Crippen molar-refractivity contribution >= 4 is 11.8 Å². The zero-order chi connectivity index (χ0) is 22.7. The number of carbonyl (C=O) groups excluding carboxylic acids is 2. The topological polar surface area (TPSA) is 80.1 Å². The number of carbonyl (C=O) groups is 2. The van der Waals surface area contributed by atoms with Crippen LogP contribution in [0.15, 0.2) is 61.1 Å². The summed E-state index contributed by atoms with van der Waals surface area (Å²) in [7, 11) is 1.79. The number of hydrogen-bond donors (Lipinski definition) is 1. The summed E-state index contributed by atoms with van der Waals surface area (Å²) in [6.07, 6.45) is 6.52. The minimum absolute atomic E-state index is 0.00407. The Hall–Kier alpha value is -3.48. The van der Waals surface area contributed by atoms with Crippen LogP contribution in [0.5, 0.6) is 0 Å². The molecule has 1 aromatic carbocycles. The summed E-state index contributed by atoms with van der Waals surface area (Å²) >= 11 is 0. The van der Waals surface area contributed by atoms with E-state index in [2.05, 4.69) is 21.5 Å². The fourth-order valence-electron chi connectivity index (χ4n) is 4.35. The highest BCUT2D eigenvalue weighted by Crippen LogP contribution is 2.36. The van der Waals surface area contributed by atoms with E-state index < -0.39 is 5.41 Å². The van der Waals surface area contributed by atoms with Crippen molar-refractivity contribution in [1.29, 1.82) is 0 Å².